The van der Waals surface area contributed by atoms with Crippen LogP contribution < -0.4 is 0 Å². The van der Waals surface area contributed by atoms with Crippen LogP contribution in [0.4, 0.5) is 0 Å². The van der Waals surface area contributed by atoms with E-state index in [2.05, 4.69) is 0 Å². The van der Waals surface area contributed by atoms with Gasteiger partial charge in [-0.3, -0.25) is 4.79 Å². The van der Waals surface area contributed by atoms with Crippen LogP contribution in [0.3, 0.4) is 0 Å². The zero-order valence-corrected chi connectivity index (χ0v) is 13.6. The van der Waals surface area contributed by atoms with Crippen LogP contribution in [-0.4, -0.2) is 42.8 Å². The van der Waals surface area contributed by atoms with E-state index in [0.29, 0.717) is 18.4 Å². The van der Waals surface area contributed by atoms with Gasteiger partial charge >= 0.3 is 0 Å². The molecule has 0 bridgehead atoms. The molecule has 0 fully saturated rings. The summed E-state index contributed by atoms with van der Waals surface area (Å²) in [4.78, 5) is 11.4. The van der Waals surface area contributed by atoms with Crippen LogP contribution >= 0.6 is 0 Å². The molecule has 0 aliphatic carbocycles. The first kappa shape index (κ1) is 17.8. The van der Waals surface area contributed by atoms with E-state index < -0.39 is 10.0 Å². The van der Waals surface area contributed by atoms with Crippen LogP contribution in [0, 0.1) is 0 Å². The Kier molecular flexibility index (Phi) is 6.51. The van der Waals surface area contributed by atoms with Crippen molar-refractivity contribution in [1.29, 1.82) is 0 Å². The summed E-state index contributed by atoms with van der Waals surface area (Å²) in [5, 5.41) is 9.15. The van der Waals surface area contributed by atoms with Gasteiger partial charge in [0.2, 0.25) is 10.0 Å². The van der Waals surface area contributed by atoms with Crippen molar-refractivity contribution in [2.24, 2.45) is 0 Å². The first-order valence-electron chi connectivity index (χ1n) is 7.12. The highest BCUT2D eigenvalue weighted by molar-refractivity contribution is 7.89. The standard InChI is InChI=1S/C15H23NO4S/c1-4-14(5-2)16(10-11-17)21(19,20)15-8-6-13(7-9-15)12(3)18/h6-9,14,17H,4-5,10-11H2,1-3H3. The van der Waals surface area contributed by atoms with Gasteiger partial charge < -0.3 is 5.11 Å². The lowest BCUT2D eigenvalue weighted by atomic mass is 10.2. The zero-order valence-electron chi connectivity index (χ0n) is 12.7. The van der Waals surface area contributed by atoms with Gasteiger partial charge in [0.1, 0.15) is 0 Å². The predicted molar refractivity (Wildman–Crippen MR) is 81.8 cm³/mol. The Labute approximate surface area is 126 Å². The topological polar surface area (TPSA) is 74.7 Å². The number of hydrogen-bond acceptors (Lipinski definition) is 4. The van der Waals surface area contributed by atoms with Gasteiger partial charge in [0.15, 0.2) is 5.78 Å². The number of rotatable bonds is 8. The molecule has 0 saturated carbocycles. The highest BCUT2D eigenvalue weighted by Crippen LogP contribution is 2.21. The molecule has 1 aromatic carbocycles. The molecule has 0 aromatic heterocycles. The van der Waals surface area contributed by atoms with Crippen molar-refractivity contribution in [2.45, 2.75) is 44.6 Å². The maximum Gasteiger partial charge on any atom is 0.243 e. The van der Waals surface area contributed by atoms with E-state index in [1.54, 1.807) is 0 Å². The second-order valence-electron chi connectivity index (χ2n) is 4.89. The minimum Gasteiger partial charge on any atom is -0.395 e. The van der Waals surface area contributed by atoms with E-state index >= 15 is 0 Å². The highest BCUT2D eigenvalue weighted by atomic mass is 32.2. The Balaban J connectivity index is 3.18. The molecule has 0 spiro atoms. The van der Waals surface area contributed by atoms with Crippen molar-refractivity contribution in [3.63, 3.8) is 0 Å². The number of benzene rings is 1. The molecule has 0 saturated heterocycles. The molecule has 1 N–H and O–H groups in total. The second-order valence-corrected chi connectivity index (χ2v) is 6.78. The number of aliphatic hydroxyl groups is 1. The summed E-state index contributed by atoms with van der Waals surface area (Å²) in [7, 11) is -3.67. The molecule has 0 amide bonds. The highest BCUT2D eigenvalue weighted by Gasteiger charge is 2.29. The van der Waals surface area contributed by atoms with Gasteiger partial charge in [0.25, 0.3) is 0 Å². The number of Topliss-reactive ketones (excluding diaryl/α,β-unsaturated/α-hetero) is 1. The number of ketones is 1. The number of carbonyl (C=O) groups is 1. The number of sulfonamides is 1. The minimum atomic E-state index is -3.67. The zero-order chi connectivity index (χ0) is 16.0. The number of aliphatic hydroxyl groups excluding tert-OH is 1. The Morgan fingerprint density at radius 3 is 2.10 bits per heavy atom. The molecule has 0 aliphatic rings. The molecule has 0 aliphatic heterocycles. The van der Waals surface area contributed by atoms with Crippen molar-refractivity contribution in [3.8, 4) is 0 Å². The summed E-state index contributed by atoms with van der Waals surface area (Å²) < 4.78 is 26.7. The van der Waals surface area contributed by atoms with Crippen LogP contribution in [-0.2, 0) is 10.0 Å². The van der Waals surface area contributed by atoms with Crippen LogP contribution in [0.5, 0.6) is 0 Å². The summed E-state index contributed by atoms with van der Waals surface area (Å²) in [5.41, 5.74) is 0.477. The van der Waals surface area contributed by atoms with Gasteiger partial charge in [-0.25, -0.2) is 8.42 Å². The molecule has 0 unspecified atom stereocenters. The smallest absolute Gasteiger partial charge is 0.243 e. The minimum absolute atomic E-state index is 0.0726. The van der Waals surface area contributed by atoms with E-state index in [1.165, 1.54) is 35.5 Å². The fourth-order valence-corrected chi connectivity index (χ4v) is 4.05. The van der Waals surface area contributed by atoms with Gasteiger partial charge in [-0.05, 0) is 31.9 Å². The molecular weight excluding hydrogens is 290 g/mol. The van der Waals surface area contributed by atoms with Crippen molar-refractivity contribution in [2.75, 3.05) is 13.2 Å². The Morgan fingerprint density at radius 1 is 1.19 bits per heavy atom. The summed E-state index contributed by atoms with van der Waals surface area (Å²) in [6, 6.07) is 5.77. The number of carbonyl (C=O) groups excluding carboxylic acids is 1. The number of nitrogens with zero attached hydrogens (tertiary/aromatic N) is 1. The average Bonchev–Trinajstić information content (AvgIpc) is 2.47. The van der Waals surface area contributed by atoms with Gasteiger partial charge in [-0.1, -0.05) is 26.0 Å². The van der Waals surface area contributed by atoms with E-state index in [-0.39, 0.29) is 29.9 Å². The van der Waals surface area contributed by atoms with Crippen molar-refractivity contribution < 1.29 is 18.3 Å². The lowest BCUT2D eigenvalue weighted by molar-refractivity contribution is 0.101. The van der Waals surface area contributed by atoms with Crippen molar-refractivity contribution in [3.05, 3.63) is 29.8 Å². The van der Waals surface area contributed by atoms with Crippen molar-refractivity contribution >= 4 is 15.8 Å². The maximum absolute atomic E-state index is 12.7. The van der Waals surface area contributed by atoms with Crippen LogP contribution in [0.1, 0.15) is 44.0 Å². The normalized spacial score (nSPS) is 12.1. The molecule has 21 heavy (non-hydrogen) atoms. The predicted octanol–water partition coefficient (Wildman–Crippen LogP) is 2.06. The van der Waals surface area contributed by atoms with Gasteiger partial charge in [0.05, 0.1) is 11.5 Å². The Morgan fingerprint density at radius 2 is 1.71 bits per heavy atom. The molecule has 5 nitrogen and oxygen atoms in total. The van der Waals surface area contributed by atoms with Crippen LogP contribution in [0.2, 0.25) is 0 Å². The van der Waals surface area contributed by atoms with E-state index in [9.17, 15) is 13.2 Å². The lowest BCUT2D eigenvalue weighted by Gasteiger charge is -2.29. The number of hydrogen-bond donors (Lipinski definition) is 1. The molecule has 118 valence electrons. The Bertz CT molecular complexity index is 562. The molecule has 0 heterocycles. The van der Waals surface area contributed by atoms with Gasteiger partial charge in [0, 0.05) is 18.2 Å². The molecule has 1 aromatic rings. The summed E-state index contributed by atoms with van der Waals surface area (Å²) >= 11 is 0. The largest absolute Gasteiger partial charge is 0.395 e. The van der Waals surface area contributed by atoms with Gasteiger partial charge in [-0.15, -0.1) is 0 Å². The Hall–Kier alpha value is -1.24. The molecule has 0 radical (unpaired) electrons. The van der Waals surface area contributed by atoms with Crippen LogP contribution in [0.25, 0.3) is 0 Å². The third kappa shape index (κ3) is 4.12. The molecular formula is C15H23NO4S. The van der Waals surface area contributed by atoms with Gasteiger partial charge in [-0.2, -0.15) is 4.31 Å². The third-order valence-electron chi connectivity index (χ3n) is 3.54. The fraction of sp³-hybridized carbons (Fsp3) is 0.533. The molecule has 0 atom stereocenters. The molecule has 1 rings (SSSR count). The second kappa shape index (κ2) is 7.68. The van der Waals surface area contributed by atoms with Crippen molar-refractivity contribution in [1.82, 2.24) is 4.31 Å². The van der Waals surface area contributed by atoms with E-state index in [1.807, 2.05) is 13.8 Å². The first-order chi connectivity index (χ1) is 9.88. The van der Waals surface area contributed by atoms with E-state index in [0.717, 1.165) is 0 Å². The summed E-state index contributed by atoms with van der Waals surface area (Å²) in [6.07, 6.45) is 1.36. The van der Waals surface area contributed by atoms with E-state index in [4.69, 9.17) is 5.11 Å². The van der Waals surface area contributed by atoms with Crippen LogP contribution in [0.15, 0.2) is 29.2 Å². The molecule has 6 heteroatoms. The summed E-state index contributed by atoms with van der Waals surface area (Å²) in [5.74, 6) is -0.105. The average molecular weight is 313 g/mol. The SMILES string of the molecule is CCC(CC)N(CCO)S(=O)(=O)c1ccc(C(C)=O)cc1. The fourth-order valence-electron chi connectivity index (χ4n) is 2.29. The summed E-state index contributed by atoms with van der Waals surface area (Å²) in [6.45, 7) is 5.13. The monoisotopic (exact) mass is 313 g/mol. The quantitative estimate of drug-likeness (QED) is 0.746. The third-order valence-corrected chi connectivity index (χ3v) is 5.50. The lowest BCUT2D eigenvalue weighted by Crippen LogP contribution is -2.41. The maximum atomic E-state index is 12.7. The first-order valence-corrected chi connectivity index (χ1v) is 8.56.